The summed E-state index contributed by atoms with van der Waals surface area (Å²) in [4.78, 5) is 17.0. The van der Waals surface area contributed by atoms with Crippen molar-refractivity contribution in [3.63, 3.8) is 0 Å². The highest BCUT2D eigenvalue weighted by Crippen LogP contribution is 2.35. The van der Waals surface area contributed by atoms with Crippen LogP contribution in [0, 0.1) is 6.92 Å². The highest BCUT2D eigenvalue weighted by Gasteiger charge is 2.29. The number of nitrogens with one attached hydrogen (secondary N) is 1. The van der Waals surface area contributed by atoms with E-state index >= 15 is 0 Å². The van der Waals surface area contributed by atoms with Crippen LogP contribution in [0.2, 0.25) is 0 Å². The Morgan fingerprint density at radius 1 is 1.24 bits per heavy atom. The first-order valence-corrected chi connectivity index (χ1v) is 7.01. The van der Waals surface area contributed by atoms with E-state index in [2.05, 4.69) is 25.3 Å². The lowest BCUT2D eigenvalue weighted by Gasteiger charge is -2.32. The highest BCUT2D eigenvalue weighted by molar-refractivity contribution is 5.42. The zero-order valence-corrected chi connectivity index (χ0v) is 12.0. The number of nitrogen functional groups attached to an aromatic ring is 1. The maximum absolute atomic E-state index is 5.82. The molecule has 7 heteroatoms. The Bertz CT molecular complexity index is 620. The minimum absolute atomic E-state index is 0.283. The van der Waals surface area contributed by atoms with Crippen molar-refractivity contribution in [2.45, 2.75) is 38.3 Å². The number of nitrogens with zero attached hydrogens (tertiary/aromatic N) is 4. The van der Waals surface area contributed by atoms with E-state index in [0.717, 1.165) is 29.9 Å². The number of anilines is 2. The third-order valence-corrected chi connectivity index (χ3v) is 3.64. The molecule has 2 heterocycles. The molecule has 0 aliphatic heterocycles. The Balaban J connectivity index is 1.68. The Labute approximate surface area is 123 Å². The fourth-order valence-electron chi connectivity index (χ4n) is 2.38. The molecule has 1 aliphatic carbocycles. The van der Waals surface area contributed by atoms with Crippen LogP contribution in [0.1, 0.15) is 35.8 Å². The SMILES string of the molecule is Cc1cnc(CNc2cc(C3CC(N)C3)nc(N)n2)cn1. The van der Waals surface area contributed by atoms with Crippen LogP contribution >= 0.6 is 0 Å². The van der Waals surface area contributed by atoms with Crippen molar-refractivity contribution in [2.24, 2.45) is 5.73 Å². The van der Waals surface area contributed by atoms with Gasteiger partial charge in [-0.1, -0.05) is 0 Å². The molecule has 5 N–H and O–H groups in total. The van der Waals surface area contributed by atoms with Gasteiger partial charge >= 0.3 is 0 Å². The third kappa shape index (κ3) is 3.25. The Morgan fingerprint density at radius 3 is 2.71 bits per heavy atom. The summed E-state index contributed by atoms with van der Waals surface area (Å²) in [5.41, 5.74) is 14.3. The smallest absolute Gasteiger partial charge is 0.222 e. The van der Waals surface area contributed by atoms with Crippen molar-refractivity contribution < 1.29 is 0 Å². The van der Waals surface area contributed by atoms with Gasteiger partial charge in [0.15, 0.2) is 0 Å². The summed E-state index contributed by atoms with van der Waals surface area (Å²) >= 11 is 0. The molecule has 0 saturated heterocycles. The van der Waals surface area contributed by atoms with Gasteiger partial charge in [-0.2, -0.15) is 4.98 Å². The van der Waals surface area contributed by atoms with Gasteiger partial charge in [0.05, 0.1) is 29.8 Å². The van der Waals surface area contributed by atoms with E-state index in [1.807, 2.05) is 13.0 Å². The molecule has 21 heavy (non-hydrogen) atoms. The first-order chi connectivity index (χ1) is 10.1. The van der Waals surface area contributed by atoms with Gasteiger partial charge in [-0.25, -0.2) is 4.98 Å². The van der Waals surface area contributed by atoms with Crippen molar-refractivity contribution >= 4 is 11.8 Å². The first-order valence-electron chi connectivity index (χ1n) is 7.01. The van der Waals surface area contributed by atoms with Gasteiger partial charge in [-0.15, -0.1) is 0 Å². The summed E-state index contributed by atoms with van der Waals surface area (Å²) in [6, 6.07) is 2.22. The van der Waals surface area contributed by atoms with Crippen LogP contribution in [0.5, 0.6) is 0 Å². The molecule has 1 saturated carbocycles. The van der Waals surface area contributed by atoms with Gasteiger partial charge in [0.2, 0.25) is 5.95 Å². The fraction of sp³-hybridized carbons (Fsp3) is 0.429. The maximum Gasteiger partial charge on any atom is 0.222 e. The number of aryl methyl sites for hydroxylation is 1. The normalized spacial score (nSPS) is 20.9. The number of rotatable bonds is 4. The molecule has 7 nitrogen and oxygen atoms in total. The second-order valence-corrected chi connectivity index (χ2v) is 5.47. The first kappa shape index (κ1) is 13.7. The number of hydrogen-bond donors (Lipinski definition) is 3. The molecule has 3 rings (SSSR count). The molecule has 1 aliphatic rings. The highest BCUT2D eigenvalue weighted by atomic mass is 15.1. The lowest BCUT2D eigenvalue weighted by atomic mass is 9.78. The van der Waals surface area contributed by atoms with Crippen LogP contribution in [0.3, 0.4) is 0 Å². The lowest BCUT2D eigenvalue weighted by Crippen LogP contribution is -2.35. The van der Waals surface area contributed by atoms with Gasteiger partial charge in [-0.05, 0) is 19.8 Å². The molecule has 0 aromatic carbocycles. The molecule has 0 spiro atoms. The maximum atomic E-state index is 5.82. The minimum Gasteiger partial charge on any atom is -0.368 e. The molecule has 2 aromatic heterocycles. The summed E-state index contributed by atoms with van der Waals surface area (Å²) in [6.45, 7) is 2.46. The van der Waals surface area contributed by atoms with Crippen molar-refractivity contribution in [1.82, 2.24) is 19.9 Å². The van der Waals surface area contributed by atoms with E-state index in [9.17, 15) is 0 Å². The second kappa shape index (κ2) is 5.61. The molecular weight excluding hydrogens is 266 g/mol. The molecule has 0 radical (unpaired) electrons. The van der Waals surface area contributed by atoms with E-state index in [1.54, 1.807) is 12.4 Å². The van der Waals surface area contributed by atoms with Crippen LogP contribution in [-0.2, 0) is 6.54 Å². The quantitative estimate of drug-likeness (QED) is 0.766. The standard InChI is InChI=1S/C14H19N7/c1-8-5-18-11(6-17-8)7-19-13-4-12(20-14(16)21-13)9-2-10(15)3-9/h4-6,9-10H,2-3,7,15H2,1H3,(H3,16,19,20,21). The molecule has 0 bridgehead atoms. The predicted octanol–water partition coefficient (Wildman–Crippen LogP) is 0.974. The van der Waals surface area contributed by atoms with E-state index in [0.29, 0.717) is 18.3 Å². The predicted molar refractivity (Wildman–Crippen MR) is 80.5 cm³/mol. The third-order valence-electron chi connectivity index (χ3n) is 3.64. The van der Waals surface area contributed by atoms with Crippen LogP contribution in [0.4, 0.5) is 11.8 Å². The Hall–Kier alpha value is -2.28. The van der Waals surface area contributed by atoms with Crippen molar-refractivity contribution in [3.05, 3.63) is 35.5 Å². The van der Waals surface area contributed by atoms with E-state index in [4.69, 9.17) is 11.5 Å². The lowest BCUT2D eigenvalue weighted by molar-refractivity contribution is 0.345. The van der Waals surface area contributed by atoms with Gasteiger partial charge in [0.25, 0.3) is 0 Å². The fourth-order valence-corrected chi connectivity index (χ4v) is 2.38. The molecule has 1 fully saturated rings. The Morgan fingerprint density at radius 2 is 2.05 bits per heavy atom. The molecule has 2 aromatic rings. The number of hydrogen-bond acceptors (Lipinski definition) is 7. The molecule has 0 amide bonds. The largest absolute Gasteiger partial charge is 0.368 e. The van der Waals surface area contributed by atoms with Crippen molar-refractivity contribution in [2.75, 3.05) is 11.1 Å². The summed E-state index contributed by atoms with van der Waals surface area (Å²) in [5.74, 6) is 1.39. The molecule has 0 unspecified atom stereocenters. The summed E-state index contributed by atoms with van der Waals surface area (Å²) in [5, 5.41) is 3.21. The van der Waals surface area contributed by atoms with E-state index < -0.39 is 0 Å². The second-order valence-electron chi connectivity index (χ2n) is 5.47. The zero-order valence-electron chi connectivity index (χ0n) is 12.0. The number of aromatic nitrogens is 4. The number of nitrogens with two attached hydrogens (primary N) is 2. The molecule has 0 atom stereocenters. The Kier molecular flexibility index (Phi) is 3.66. The van der Waals surface area contributed by atoms with Crippen molar-refractivity contribution in [3.8, 4) is 0 Å². The average molecular weight is 285 g/mol. The van der Waals surface area contributed by atoms with Crippen LogP contribution in [0.25, 0.3) is 0 Å². The van der Waals surface area contributed by atoms with Gasteiger partial charge in [0, 0.05) is 24.2 Å². The molecular formula is C14H19N7. The average Bonchev–Trinajstić information content (AvgIpc) is 2.43. The van der Waals surface area contributed by atoms with Gasteiger partial charge < -0.3 is 16.8 Å². The van der Waals surface area contributed by atoms with Crippen molar-refractivity contribution in [1.29, 1.82) is 0 Å². The monoisotopic (exact) mass is 285 g/mol. The summed E-state index contributed by atoms with van der Waals surface area (Å²) in [7, 11) is 0. The van der Waals surface area contributed by atoms with Crippen LogP contribution < -0.4 is 16.8 Å². The van der Waals surface area contributed by atoms with Crippen LogP contribution in [-0.4, -0.2) is 26.0 Å². The van der Waals surface area contributed by atoms with E-state index in [1.165, 1.54) is 0 Å². The van der Waals surface area contributed by atoms with E-state index in [-0.39, 0.29) is 12.0 Å². The summed E-state index contributed by atoms with van der Waals surface area (Å²) in [6.07, 6.45) is 5.41. The van der Waals surface area contributed by atoms with Crippen LogP contribution in [0.15, 0.2) is 18.5 Å². The topological polar surface area (TPSA) is 116 Å². The zero-order chi connectivity index (χ0) is 14.8. The summed E-state index contributed by atoms with van der Waals surface area (Å²) < 4.78 is 0. The van der Waals surface area contributed by atoms with Gasteiger partial charge in [-0.3, -0.25) is 9.97 Å². The minimum atomic E-state index is 0.283. The molecule has 110 valence electrons. The van der Waals surface area contributed by atoms with Gasteiger partial charge in [0.1, 0.15) is 5.82 Å².